The first-order chi connectivity index (χ1) is 6.16. The number of hydrogen-bond acceptors (Lipinski definition) is 2. The maximum Gasteiger partial charge on any atom is 0.233 e. The molecule has 2 aromatic rings. The summed E-state index contributed by atoms with van der Waals surface area (Å²) in [7, 11) is 0. The normalized spacial score (nSPS) is 10.6. The number of rotatable bonds is 0. The molecule has 66 valence electrons. The Kier molecular flexibility index (Phi) is 1.93. The zero-order valence-corrected chi connectivity index (χ0v) is 8.44. The molecule has 1 aromatic carbocycles. The van der Waals surface area contributed by atoms with Gasteiger partial charge in [0, 0.05) is 4.70 Å². The molecule has 0 fully saturated rings. The molecule has 2 heteroatoms. The summed E-state index contributed by atoms with van der Waals surface area (Å²) in [5.41, 5.74) is 2.31. The molecule has 0 saturated carbocycles. The second-order valence-electron chi connectivity index (χ2n) is 3.25. The molecule has 0 N–H and O–H groups in total. The Bertz CT molecular complexity index is 511. The highest BCUT2D eigenvalue weighted by molar-refractivity contribution is 7.16. The van der Waals surface area contributed by atoms with E-state index in [2.05, 4.69) is 13.0 Å². The quantitative estimate of drug-likeness (QED) is 0.624. The van der Waals surface area contributed by atoms with Crippen molar-refractivity contribution < 1.29 is 0 Å². The maximum absolute atomic E-state index is 11.2. The Hall–Kier alpha value is -1.15. The van der Waals surface area contributed by atoms with E-state index in [1.165, 1.54) is 22.3 Å². The van der Waals surface area contributed by atoms with Crippen LogP contribution in [0.1, 0.15) is 11.1 Å². The molecule has 1 aromatic heterocycles. The van der Waals surface area contributed by atoms with Crippen LogP contribution in [0.15, 0.2) is 29.1 Å². The first-order valence-electron chi connectivity index (χ1n) is 4.18. The average Bonchev–Trinajstić information content (AvgIpc) is 2.06. The van der Waals surface area contributed by atoms with Crippen molar-refractivity contribution in [1.82, 2.24) is 0 Å². The van der Waals surface area contributed by atoms with Crippen LogP contribution in [-0.2, 0) is 0 Å². The Morgan fingerprint density at radius 2 is 1.92 bits per heavy atom. The molecule has 0 unspecified atom stereocenters. The fourth-order valence-corrected chi connectivity index (χ4v) is 2.35. The van der Waals surface area contributed by atoms with Gasteiger partial charge in [0.05, 0.1) is 0 Å². The van der Waals surface area contributed by atoms with Crippen LogP contribution >= 0.6 is 11.3 Å². The molecule has 13 heavy (non-hydrogen) atoms. The Morgan fingerprint density at radius 1 is 1.15 bits per heavy atom. The molecule has 0 bridgehead atoms. The van der Waals surface area contributed by atoms with Crippen molar-refractivity contribution in [2.24, 2.45) is 0 Å². The first-order valence-corrected chi connectivity index (χ1v) is 4.99. The van der Waals surface area contributed by atoms with Crippen LogP contribution in [-0.4, -0.2) is 0 Å². The van der Waals surface area contributed by atoms with Crippen LogP contribution in [0.2, 0.25) is 0 Å². The van der Waals surface area contributed by atoms with E-state index in [0.717, 1.165) is 10.3 Å². The molecule has 1 heterocycles. The van der Waals surface area contributed by atoms with Gasteiger partial charge in [-0.15, -0.1) is 0 Å². The second-order valence-corrected chi connectivity index (χ2v) is 4.29. The van der Waals surface area contributed by atoms with E-state index < -0.39 is 0 Å². The summed E-state index contributed by atoms with van der Waals surface area (Å²) in [6.45, 7) is 4.05. The van der Waals surface area contributed by atoms with Gasteiger partial charge < -0.3 is 0 Å². The van der Waals surface area contributed by atoms with Crippen molar-refractivity contribution in [3.8, 4) is 0 Å². The smallest absolute Gasteiger partial charge is 0.233 e. The SMILES string of the molecule is Cc1ccc2sc(=O)cc(C)c2c1. The predicted molar refractivity (Wildman–Crippen MR) is 57.6 cm³/mol. The molecule has 2 rings (SSSR count). The first kappa shape index (κ1) is 8.45. The van der Waals surface area contributed by atoms with Crippen molar-refractivity contribution in [3.63, 3.8) is 0 Å². The molecule has 1 nitrogen and oxygen atoms in total. The average molecular weight is 190 g/mol. The molecular weight excluding hydrogens is 180 g/mol. The fraction of sp³-hybridized carbons (Fsp3) is 0.182. The molecule has 0 saturated heterocycles. The molecular formula is C11H10OS. The van der Waals surface area contributed by atoms with Crippen molar-refractivity contribution in [3.05, 3.63) is 44.9 Å². The van der Waals surface area contributed by atoms with Gasteiger partial charge in [0.2, 0.25) is 4.74 Å². The standard InChI is InChI=1S/C11H10OS/c1-7-3-4-10-9(5-7)8(2)6-11(12)13-10/h3-6H,1-2H3. The van der Waals surface area contributed by atoms with E-state index in [9.17, 15) is 4.79 Å². The summed E-state index contributed by atoms with van der Waals surface area (Å²) >= 11 is 1.31. The lowest BCUT2D eigenvalue weighted by Crippen LogP contribution is -1.93. The number of fused-ring (bicyclic) bond motifs is 1. The highest BCUT2D eigenvalue weighted by Gasteiger charge is 1.99. The molecule has 0 aliphatic heterocycles. The van der Waals surface area contributed by atoms with Gasteiger partial charge in [-0.3, -0.25) is 4.79 Å². The van der Waals surface area contributed by atoms with Crippen molar-refractivity contribution >= 4 is 21.4 Å². The predicted octanol–water partition coefficient (Wildman–Crippen LogP) is 2.88. The lowest BCUT2D eigenvalue weighted by Gasteiger charge is -2.00. The number of hydrogen-bond donors (Lipinski definition) is 0. The molecule has 0 aliphatic carbocycles. The minimum Gasteiger partial charge on any atom is -0.278 e. The minimum atomic E-state index is 0.133. The van der Waals surface area contributed by atoms with E-state index in [1.54, 1.807) is 6.07 Å². The van der Waals surface area contributed by atoms with Crippen LogP contribution in [0.5, 0.6) is 0 Å². The summed E-state index contributed by atoms with van der Waals surface area (Å²) in [6, 6.07) is 7.88. The van der Waals surface area contributed by atoms with Crippen molar-refractivity contribution in [2.45, 2.75) is 13.8 Å². The van der Waals surface area contributed by atoms with Gasteiger partial charge in [-0.25, -0.2) is 0 Å². The summed E-state index contributed by atoms with van der Waals surface area (Å²) in [5.74, 6) is 0. The molecule has 0 radical (unpaired) electrons. The number of benzene rings is 1. The van der Waals surface area contributed by atoms with Gasteiger partial charge in [0.15, 0.2) is 0 Å². The molecule has 0 amide bonds. The van der Waals surface area contributed by atoms with Crippen LogP contribution in [0.3, 0.4) is 0 Å². The zero-order chi connectivity index (χ0) is 9.42. The summed E-state index contributed by atoms with van der Waals surface area (Å²) in [6.07, 6.45) is 0. The van der Waals surface area contributed by atoms with E-state index in [0.29, 0.717) is 0 Å². The monoisotopic (exact) mass is 190 g/mol. The van der Waals surface area contributed by atoms with Gasteiger partial charge in [-0.05, 0) is 36.9 Å². The third-order valence-electron chi connectivity index (χ3n) is 2.10. The van der Waals surface area contributed by atoms with Gasteiger partial charge in [-0.1, -0.05) is 29.0 Å². The van der Waals surface area contributed by atoms with Gasteiger partial charge in [-0.2, -0.15) is 0 Å². The van der Waals surface area contributed by atoms with Crippen LogP contribution in [0.4, 0.5) is 0 Å². The molecule has 0 spiro atoms. The fourth-order valence-electron chi connectivity index (χ4n) is 1.43. The van der Waals surface area contributed by atoms with Gasteiger partial charge in [0.25, 0.3) is 0 Å². The van der Waals surface area contributed by atoms with Crippen LogP contribution in [0.25, 0.3) is 10.1 Å². The third-order valence-corrected chi connectivity index (χ3v) is 3.00. The highest BCUT2D eigenvalue weighted by Crippen LogP contribution is 2.20. The summed E-state index contributed by atoms with van der Waals surface area (Å²) in [4.78, 5) is 11.2. The maximum atomic E-state index is 11.2. The van der Waals surface area contributed by atoms with E-state index >= 15 is 0 Å². The largest absolute Gasteiger partial charge is 0.278 e. The Morgan fingerprint density at radius 3 is 2.69 bits per heavy atom. The zero-order valence-electron chi connectivity index (χ0n) is 7.63. The lowest BCUT2D eigenvalue weighted by atomic mass is 10.1. The van der Waals surface area contributed by atoms with Crippen molar-refractivity contribution in [2.75, 3.05) is 0 Å². The van der Waals surface area contributed by atoms with E-state index in [4.69, 9.17) is 0 Å². The lowest BCUT2D eigenvalue weighted by molar-refractivity contribution is 1.48. The Labute approximate surface area is 80.7 Å². The highest BCUT2D eigenvalue weighted by atomic mass is 32.1. The number of aryl methyl sites for hydroxylation is 2. The van der Waals surface area contributed by atoms with E-state index in [1.807, 2.05) is 19.1 Å². The van der Waals surface area contributed by atoms with Gasteiger partial charge in [0.1, 0.15) is 0 Å². The molecule has 0 aliphatic rings. The topological polar surface area (TPSA) is 17.1 Å². The van der Waals surface area contributed by atoms with Crippen molar-refractivity contribution in [1.29, 1.82) is 0 Å². The van der Waals surface area contributed by atoms with Gasteiger partial charge >= 0.3 is 0 Å². The van der Waals surface area contributed by atoms with E-state index in [-0.39, 0.29) is 4.74 Å². The third kappa shape index (κ3) is 1.49. The molecule has 0 atom stereocenters. The summed E-state index contributed by atoms with van der Waals surface area (Å²) < 4.78 is 1.21. The Balaban J connectivity index is 2.95. The minimum absolute atomic E-state index is 0.133. The summed E-state index contributed by atoms with van der Waals surface area (Å²) in [5, 5.41) is 1.20. The van der Waals surface area contributed by atoms with Crippen LogP contribution in [0, 0.1) is 13.8 Å². The van der Waals surface area contributed by atoms with Crippen LogP contribution < -0.4 is 4.74 Å². The second kappa shape index (κ2) is 2.96.